The summed E-state index contributed by atoms with van der Waals surface area (Å²) < 4.78 is 13.0. The average molecular weight is 301 g/mol. The Kier molecular flexibility index (Phi) is 9.94. The molecule has 0 fully saturated rings. The topological polar surface area (TPSA) is 68.9 Å². The minimum absolute atomic E-state index is 0.425. The number of nitrogens with zero attached hydrogens (tertiary/aromatic N) is 1. The first-order valence-electron chi connectivity index (χ1n) is 4.13. The maximum absolute atomic E-state index is 5.39. The van der Waals surface area contributed by atoms with Crippen LogP contribution >= 0.6 is 22.9 Å². The lowest BCUT2D eigenvalue weighted by molar-refractivity contribution is 0.0562. The number of hydrogen-bond donors (Lipinski definition) is 2. The van der Waals surface area contributed by atoms with Crippen LogP contribution in [0, 0.1) is 0 Å². The van der Waals surface area contributed by atoms with Crippen LogP contribution in [0.15, 0.2) is 4.99 Å². The van der Waals surface area contributed by atoms with Gasteiger partial charge in [0.25, 0.3) is 0 Å². The van der Waals surface area contributed by atoms with Crippen LogP contribution in [-0.4, -0.2) is 38.9 Å². The third kappa shape index (κ3) is 9.84. The van der Waals surface area contributed by atoms with Crippen LogP contribution < -0.4 is 9.26 Å². The minimum atomic E-state index is 0.425. The van der Waals surface area contributed by atoms with E-state index in [1.54, 1.807) is 0 Å². The van der Waals surface area contributed by atoms with E-state index in [4.69, 9.17) is 15.2 Å². The van der Waals surface area contributed by atoms with Gasteiger partial charge in [-0.15, -0.1) is 0 Å². The van der Waals surface area contributed by atoms with Gasteiger partial charge < -0.3 is 15.2 Å². The fourth-order valence-corrected chi connectivity index (χ4v) is 0.795. The summed E-state index contributed by atoms with van der Waals surface area (Å²) in [5.41, 5.74) is 5.39. The first-order chi connectivity index (χ1) is 6.31. The van der Waals surface area contributed by atoms with Crippen molar-refractivity contribution in [3.05, 3.63) is 0 Å². The lowest BCUT2D eigenvalue weighted by atomic mass is 10.7. The summed E-state index contributed by atoms with van der Waals surface area (Å²) in [5.74, 6) is 0.425. The highest BCUT2D eigenvalue weighted by Crippen LogP contribution is 1.80. The zero-order valence-corrected chi connectivity index (χ0v) is 9.91. The second-order valence-electron chi connectivity index (χ2n) is 2.17. The summed E-state index contributed by atoms with van der Waals surface area (Å²) >= 11 is 1.93. The van der Waals surface area contributed by atoms with E-state index in [9.17, 15) is 0 Å². The molecule has 0 saturated carbocycles. The van der Waals surface area contributed by atoms with Crippen LogP contribution in [-0.2, 0) is 9.47 Å². The number of ether oxygens (including phenoxy) is 2. The van der Waals surface area contributed by atoms with Crippen LogP contribution in [0.2, 0.25) is 0 Å². The molecule has 5 nitrogen and oxygen atoms in total. The van der Waals surface area contributed by atoms with E-state index < -0.39 is 0 Å². The SMILES string of the molecule is CCOCCOCCN=C(N)NI. The Morgan fingerprint density at radius 1 is 1.38 bits per heavy atom. The van der Waals surface area contributed by atoms with Gasteiger partial charge in [0.2, 0.25) is 0 Å². The smallest absolute Gasteiger partial charge is 0.197 e. The van der Waals surface area contributed by atoms with Gasteiger partial charge >= 0.3 is 0 Å². The van der Waals surface area contributed by atoms with E-state index in [1.807, 2.05) is 29.8 Å². The Morgan fingerprint density at radius 2 is 2.08 bits per heavy atom. The third-order valence-electron chi connectivity index (χ3n) is 1.19. The maximum Gasteiger partial charge on any atom is 0.197 e. The van der Waals surface area contributed by atoms with E-state index in [2.05, 4.69) is 8.52 Å². The predicted octanol–water partition coefficient (Wildman–Crippen LogP) is 0.294. The Hall–Kier alpha value is -0.0800. The van der Waals surface area contributed by atoms with E-state index in [0.29, 0.717) is 32.3 Å². The molecule has 13 heavy (non-hydrogen) atoms. The summed E-state index contributed by atoms with van der Waals surface area (Å²) in [7, 11) is 0. The number of hydrogen-bond acceptors (Lipinski definition) is 3. The molecule has 0 aromatic rings. The second kappa shape index (κ2) is 10.0. The van der Waals surface area contributed by atoms with Crippen LogP contribution in [0.4, 0.5) is 0 Å². The number of guanidine groups is 1. The van der Waals surface area contributed by atoms with Crippen molar-refractivity contribution < 1.29 is 9.47 Å². The van der Waals surface area contributed by atoms with E-state index in [-0.39, 0.29) is 0 Å². The van der Waals surface area contributed by atoms with Crippen LogP contribution in [0.1, 0.15) is 6.92 Å². The van der Waals surface area contributed by atoms with Gasteiger partial charge in [0, 0.05) is 6.61 Å². The molecular formula is C7H16IN3O2. The normalized spacial score (nSPS) is 11.7. The van der Waals surface area contributed by atoms with Crippen molar-refractivity contribution in [1.29, 1.82) is 0 Å². The number of nitrogens with two attached hydrogens (primary N) is 1. The molecule has 0 unspecified atom stereocenters. The zero-order valence-electron chi connectivity index (χ0n) is 7.75. The molecule has 0 radical (unpaired) electrons. The molecule has 0 amide bonds. The molecule has 0 heterocycles. The molecule has 78 valence electrons. The van der Waals surface area contributed by atoms with Gasteiger partial charge in [0.05, 0.1) is 49.2 Å². The molecule has 0 atom stereocenters. The van der Waals surface area contributed by atoms with E-state index in [0.717, 1.165) is 6.61 Å². The van der Waals surface area contributed by atoms with Gasteiger partial charge in [0.1, 0.15) is 0 Å². The van der Waals surface area contributed by atoms with Gasteiger partial charge in [-0.2, -0.15) is 0 Å². The first kappa shape index (κ1) is 12.9. The minimum Gasteiger partial charge on any atom is -0.379 e. The standard InChI is InChI=1S/C7H16IN3O2/c1-2-12-5-6-13-4-3-10-7(9)11-8/h2-6H2,1H3,(H3,9,10,11). The molecule has 0 aromatic carbocycles. The van der Waals surface area contributed by atoms with Crippen LogP contribution in [0.25, 0.3) is 0 Å². The number of halogens is 1. The highest BCUT2D eigenvalue weighted by atomic mass is 127. The largest absolute Gasteiger partial charge is 0.379 e. The average Bonchev–Trinajstić information content (AvgIpc) is 2.16. The van der Waals surface area contributed by atoms with Crippen molar-refractivity contribution >= 4 is 28.8 Å². The lowest BCUT2D eigenvalue weighted by Crippen LogP contribution is -2.23. The van der Waals surface area contributed by atoms with Gasteiger partial charge in [-0.1, -0.05) is 0 Å². The number of nitrogens with one attached hydrogen (secondary N) is 1. The molecule has 0 aliphatic rings. The maximum atomic E-state index is 5.39. The lowest BCUT2D eigenvalue weighted by Gasteiger charge is -2.02. The summed E-state index contributed by atoms with van der Waals surface area (Å²) in [6.45, 7) is 5.09. The van der Waals surface area contributed by atoms with E-state index >= 15 is 0 Å². The van der Waals surface area contributed by atoms with Crippen molar-refractivity contribution in [2.75, 3.05) is 33.0 Å². The zero-order chi connectivity index (χ0) is 9.94. The Morgan fingerprint density at radius 3 is 2.69 bits per heavy atom. The van der Waals surface area contributed by atoms with Crippen molar-refractivity contribution in [3.63, 3.8) is 0 Å². The van der Waals surface area contributed by atoms with Crippen LogP contribution in [0.5, 0.6) is 0 Å². The third-order valence-corrected chi connectivity index (χ3v) is 1.74. The molecule has 6 heteroatoms. The van der Waals surface area contributed by atoms with Gasteiger partial charge in [-0.05, 0) is 6.92 Å². The van der Waals surface area contributed by atoms with Gasteiger partial charge in [0.15, 0.2) is 5.96 Å². The highest BCUT2D eigenvalue weighted by molar-refractivity contribution is 14.1. The molecule has 0 aromatic heterocycles. The highest BCUT2D eigenvalue weighted by Gasteiger charge is 1.88. The van der Waals surface area contributed by atoms with Crippen molar-refractivity contribution in [1.82, 2.24) is 3.53 Å². The molecule has 0 bridgehead atoms. The summed E-state index contributed by atoms with van der Waals surface area (Å²) in [4.78, 5) is 3.97. The van der Waals surface area contributed by atoms with E-state index in [1.165, 1.54) is 0 Å². The van der Waals surface area contributed by atoms with Crippen molar-refractivity contribution in [2.45, 2.75) is 6.92 Å². The first-order valence-corrected chi connectivity index (χ1v) is 5.21. The van der Waals surface area contributed by atoms with Crippen molar-refractivity contribution in [3.8, 4) is 0 Å². The summed E-state index contributed by atoms with van der Waals surface area (Å²) in [5, 5.41) is 0. The Labute approximate surface area is 92.6 Å². The molecule has 0 spiro atoms. The fraction of sp³-hybridized carbons (Fsp3) is 0.857. The quantitative estimate of drug-likeness (QED) is 0.233. The molecule has 0 rings (SSSR count). The summed E-state index contributed by atoms with van der Waals surface area (Å²) in [6, 6.07) is 0. The van der Waals surface area contributed by atoms with Gasteiger partial charge in [-0.25, -0.2) is 0 Å². The molecular weight excluding hydrogens is 285 g/mol. The number of aliphatic imine (C=N–C) groups is 1. The van der Waals surface area contributed by atoms with Crippen LogP contribution in [0.3, 0.4) is 0 Å². The van der Waals surface area contributed by atoms with Gasteiger partial charge in [-0.3, -0.25) is 8.52 Å². The predicted molar refractivity (Wildman–Crippen MR) is 61.0 cm³/mol. The summed E-state index contributed by atoms with van der Waals surface area (Å²) in [6.07, 6.45) is 0. The number of rotatable bonds is 7. The monoisotopic (exact) mass is 301 g/mol. The second-order valence-corrected chi connectivity index (χ2v) is 2.71. The molecule has 0 aliphatic carbocycles. The molecule has 3 N–H and O–H groups in total. The molecule has 0 saturated heterocycles. The Balaban J connectivity index is 3.08. The van der Waals surface area contributed by atoms with Crippen molar-refractivity contribution in [2.24, 2.45) is 10.7 Å². The molecule has 0 aliphatic heterocycles. The fourth-order valence-electron chi connectivity index (χ4n) is 0.625. The Bertz CT molecular complexity index is 144.